The summed E-state index contributed by atoms with van der Waals surface area (Å²) in [7, 11) is 0. The van der Waals surface area contributed by atoms with Crippen molar-refractivity contribution < 1.29 is 4.74 Å². The van der Waals surface area contributed by atoms with E-state index < -0.39 is 0 Å². The van der Waals surface area contributed by atoms with Crippen LogP contribution in [0.25, 0.3) is 0 Å². The quantitative estimate of drug-likeness (QED) is 0.259. The van der Waals surface area contributed by atoms with E-state index in [1.54, 1.807) is 6.08 Å². The highest BCUT2D eigenvalue weighted by Gasteiger charge is 2.21. The van der Waals surface area contributed by atoms with Gasteiger partial charge in [0, 0.05) is 0 Å². The smallest absolute Gasteiger partial charge is 0.0721 e. The summed E-state index contributed by atoms with van der Waals surface area (Å²) in [5.41, 5.74) is 2.80. The summed E-state index contributed by atoms with van der Waals surface area (Å²) in [6.45, 7) is 7.30. The van der Waals surface area contributed by atoms with Crippen LogP contribution >= 0.6 is 0 Å². The second-order valence-corrected chi connectivity index (χ2v) is 8.17. The first-order valence-electron chi connectivity index (χ1n) is 11.1. The zero-order chi connectivity index (χ0) is 18.5. The summed E-state index contributed by atoms with van der Waals surface area (Å²) >= 11 is 0. The van der Waals surface area contributed by atoms with E-state index in [9.17, 15) is 0 Å². The third-order valence-corrected chi connectivity index (χ3v) is 6.02. The highest BCUT2D eigenvalue weighted by atomic mass is 16.5. The number of rotatable bonds is 13. The standard InChI is InChI=1S/C25H40O/c1-3-5-6-7-8-9-10-11-22-12-16-24(17-13-22)25-18-14-23(15-19-25)21-26-20-4-2/h4,14-15,18-19,22,24H,2-3,5-13,16-17,20-21H2,1H3. The maximum Gasteiger partial charge on any atom is 0.0721 e. The molecule has 146 valence electrons. The lowest BCUT2D eigenvalue weighted by atomic mass is 9.77. The van der Waals surface area contributed by atoms with Gasteiger partial charge in [-0.15, -0.1) is 6.58 Å². The third kappa shape index (κ3) is 8.08. The number of unbranched alkanes of at least 4 members (excludes halogenated alkanes) is 6. The average Bonchev–Trinajstić information content (AvgIpc) is 2.69. The predicted molar refractivity (Wildman–Crippen MR) is 114 cm³/mol. The molecular formula is C25H40O. The summed E-state index contributed by atoms with van der Waals surface area (Å²) in [4.78, 5) is 0. The van der Waals surface area contributed by atoms with Crippen molar-refractivity contribution in [1.82, 2.24) is 0 Å². The molecule has 0 bridgehead atoms. The van der Waals surface area contributed by atoms with Crippen molar-refractivity contribution in [2.75, 3.05) is 6.61 Å². The minimum atomic E-state index is 0.629. The summed E-state index contributed by atoms with van der Waals surface area (Å²) in [5, 5.41) is 0. The number of hydrogen-bond donors (Lipinski definition) is 0. The van der Waals surface area contributed by atoms with Crippen LogP contribution in [0.15, 0.2) is 36.9 Å². The zero-order valence-corrected chi connectivity index (χ0v) is 17.1. The van der Waals surface area contributed by atoms with Crippen LogP contribution in [-0.2, 0) is 11.3 Å². The van der Waals surface area contributed by atoms with Crippen LogP contribution in [0.3, 0.4) is 0 Å². The highest BCUT2D eigenvalue weighted by Crippen LogP contribution is 2.37. The number of hydrogen-bond acceptors (Lipinski definition) is 1. The maximum absolute atomic E-state index is 5.52. The Kier molecular flexibility index (Phi) is 10.7. The van der Waals surface area contributed by atoms with Gasteiger partial charge in [-0.05, 0) is 48.6 Å². The zero-order valence-electron chi connectivity index (χ0n) is 17.1. The molecule has 0 unspecified atom stereocenters. The van der Waals surface area contributed by atoms with Gasteiger partial charge in [-0.1, -0.05) is 88.6 Å². The van der Waals surface area contributed by atoms with Crippen molar-refractivity contribution in [3.8, 4) is 0 Å². The van der Waals surface area contributed by atoms with Crippen molar-refractivity contribution in [2.45, 2.75) is 96.5 Å². The van der Waals surface area contributed by atoms with Gasteiger partial charge in [0.1, 0.15) is 0 Å². The van der Waals surface area contributed by atoms with Crippen LogP contribution in [0.2, 0.25) is 0 Å². The minimum Gasteiger partial charge on any atom is -0.373 e. The third-order valence-electron chi connectivity index (χ3n) is 6.02. The van der Waals surface area contributed by atoms with Crippen LogP contribution in [0, 0.1) is 5.92 Å². The fourth-order valence-electron chi connectivity index (χ4n) is 4.32. The second kappa shape index (κ2) is 13.1. The summed E-state index contributed by atoms with van der Waals surface area (Å²) in [6.07, 6.45) is 19.0. The normalized spacial score (nSPS) is 20.2. The monoisotopic (exact) mass is 356 g/mol. The Hall–Kier alpha value is -1.08. The lowest BCUT2D eigenvalue weighted by molar-refractivity contribution is 0.149. The van der Waals surface area contributed by atoms with Gasteiger partial charge in [0.15, 0.2) is 0 Å². The van der Waals surface area contributed by atoms with Crippen LogP contribution in [0.5, 0.6) is 0 Å². The Morgan fingerprint density at radius 3 is 2.23 bits per heavy atom. The summed E-state index contributed by atoms with van der Waals surface area (Å²) in [5.74, 6) is 1.77. The van der Waals surface area contributed by atoms with E-state index in [0.717, 1.165) is 11.8 Å². The van der Waals surface area contributed by atoms with Gasteiger partial charge < -0.3 is 4.74 Å². The number of ether oxygens (including phenoxy) is 1. The molecule has 0 atom stereocenters. The Balaban J connectivity index is 1.59. The van der Waals surface area contributed by atoms with E-state index in [4.69, 9.17) is 4.74 Å². The predicted octanol–water partition coefficient (Wildman–Crippen LogP) is 7.80. The molecule has 1 aliphatic carbocycles. The second-order valence-electron chi connectivity index (χ2n) is 8.17. The molecule has 1 aromatic carbocycles. The molecule has 1 fully saturated rings. The fraction of sp³-hybridized carbons (Fsp3) is 0.680. The molecule has 1 saturated carbocycles. The van der Waals surface area contributed by atoms with E-state index in [0.29, 0.717) is 13.2 Å². The molecule has 2 rings (SSSR count). The van der Waals surface area contributed by atoms with E-state index in [2.05, 4.69) is 37.8 Å². The molecule has 0 radical (unpaired) electrons. The van der Waals surface area contributed by atoms with Gasteiger partial charge in [-0.25, -0.2) is 0 Å². The van der Waals surface area contributed by atoms with Crippen LogP contribution < -0.4 is 0 Å². The van der Waals surface area contributed by atoms with Gasteiger partial charge in [0.2, 0.25) is 0 Å². The molecule has 0 aliphatic heterocycles. The lowest BCUT2D eigenvalue weighted by Gasteiger charge is -2.29. The molecule has 1 nitrogen and oxygen atoms in total. The van der Waals surface area contributed by atoms with Gasteiger partial charge in [0.05, 0.1) is 13.2 Å². The molecule has 1 aliphatic rings. The van der Waals surface area contributed by atoms with E-state index in [1.807, 2.05) is 0 Å². The highest BCUT2D eigenvalue weighted by molar-refractivity contribution is 5.25. The summed E-state index contributed by atoms with van der Waals surface area (Å²) in [6, 6.07) is 9.13. The molecule has 0 N–H and O–H groups in total. The lowest BCUT2D eigenvalue weighted by Crippen LogP contribution is -2.13. The molecule has 0 aromatic heterocycles. The molecule has 1 aromatic rings. The van der Waals surface area contributed by atoms with E-state index in [1.165, 1.54) is 88.2 Å². The van der Waals surface area contributed by atoms with Gasteiger partial charge >= 0.3 is 0 Å². The van der Waals surface area contributed by atoms with Crippen LogP contribution in [0.1, 0.15) is 101 Å². The number of benzene rings is 1. The van der Waals surface area contributed by atoms with Crippen molar-refractivity contribution in [3.05, 3.63) is 48.0 Å². The van der Waals surface area contributed by atoms with Crippen molar-refractivity contribution >= 4 is 0 Å². The topological polar surface area (TPSA) is 9.23 Å². The SMILES string of the molecule is C=CCOCc1ccc(C2CCC(CCCCCCCCC)CC2)cc1. The van der Waals surface area contributed by atoms with E-state index in [-0.39, 0.29) is 0 Å². The molecule has 1 heteroatoms. The largest absolute Gasteiger partial charge is 0.373 e. The first kappa shape index (κ1) is 21.2. The van der Waals surface area contributed by atoms with Crippen LogP contribution in [-0.4, -0.2) is 6.61 Å². The Bertz CT molecular complexity index is 467. The van der Waals surface area contributed by atoms with Crippen molar-refractivity contribution in [2.24, 2.45) is 5.92 Å². The molecular weight excluding hydrogens is 316 g/mol. The first-order chi connectivity index (χ1) is 12.8. The molecule has 0 saturated heterocycles. The Labute approximate surface area is 162 Å². The molecule has 0 spiro atoms. The van der Waals surface area contributed by atoms with Crippen LogP contribution in [0.4, 0.5) is 0 Å². The van der Waals surface area contributed by atoms with Gasteiger partial charge in [-0.2, -0.15) is 0 Å². The Morgan fingerprint density at radius 1 is 0.923 bits per heavy atom. The first-order valence-corrected chi connectivity index (χ1v) is 11.1. The minimum absolute atomic E-state index is 0.629. The molecule has 0 amide bonds. The average molecular weight is 357 g/mol. The van der Waals surface area contributed by atoms with E-state index >= 15 is 0 Å². The van der Waals surface area contributed by atoms with Crippen molar-refractivity contribution in [3.63, 3.8) is 0 Å². The molecule has 26 heavy (non-hydrogen) atoms. The fourth-order valence-corrected chi connectivity index (χ4v) is 4.32. The van der Waals surface area contributed by atoms with Gasteiger partial charge in [-0.3, -0.25) is 0 Å². The van der Waals surface area contributed by atoms with Crippen molar-refractivity contribution in [1.29, 1.82) is 0 Å². The summed E-state index contributed by atoms with van der Waals surface area (Å²) < 4.78 is 5.52. The van der Waals surface area contributed by atoms with Gasteiger partial charge in [0.25, 0.3) is 0 Å². The Morgan fingerprint density at radius 2 is 1.58 bits per heavy atom. The maximum atomic E-state index is 5.52. The molecule has 0 heterocycles.